The van der Waals surface area contributed by atoms with Gasteiger partial charge in [0.2, 0.25) is 0 Å². The number of hydrogen-bond donors (Lipinski definition) is 2. The monoisotopic (exact) mass is 289 g/mol. The van der Waals surface area contributed by atoms with Gasteiger partial charge in [-0.05, 0) is 31.4 Å². The minimum Gasteiger partial charge on any atom is -0.378 e. The maximum absolute atomic E-state index is 12.5. The Hall–Kier alpha value is -1.83. The van der Waals surface area contributed by atoms with Gasteiger partial charge in [-0.3, -0.25) is 10.1 Å². The van der Waals surface area contributed by atoms with E-state index in [9.17, 15) is 23.3 Å². The molecule has 5 nitrogen and oxygen atoms in total. The summed E-state index contributed by atoms with van der Waals surface area (Å²) >= 11 is 0. The van der Waals surface area contributed by atoms with Gasteiger partial charge < -0.3 is 11.1 Å². The number of hydrogen-bond acceptors (Lipinski definition) is 4. The summed E-state index contributed by atoms with van der Waals surface area (Å²) in [7, 11) is 0. The van der Waals surface area contributed by atoms with Crippen molar-refractivity contribution in [1.29, 1.82) is 0 Å². The van der Waals surface area contributed by atoms with Gasteiger partial charge in [0.15, 0.2) is 0 Å². The Morgan fingerprint density at radius 3 is 2.50 bits per heavy atom. The Morgan fingerprint density at radius 2 is 2.05 bits per heavy atom. The van der Waals surface area contributed by atoms with E-state index in [1.165, 1.54) is 0 Å². The molecule has 1 aromatic rings. The Bertz CT molecular complexity index is 527. The van der Waals surface area contributed by atoms with Crippen LogP contribution in [-0.2, 0) is 6.18 Å². The van der Waals surface area contributed by atoms with Gasteiger partial charge in [0.1, 0.15) is 5.69 Å². The maximum Gasteiger partial charge on any atom is 0.416 e. The van der Waals surface area contributed by atoms with E-state index in [1.807, 2.05) is 0 Å². The van der Waals surface area contributed by atoms with Crippen molar-refractivity contribution in [2.75, 3.05) is 11.9 Å². The summed E-state index contributed by atoms with van der Waals surface area (Å²) in [5, 5.41) is 13.7. The molecule has 1 aromatic carbocycles. The van der Waals surface area contributed by atoms with E-state index in [-0.39, 0.29) is 5.69 Å². The molecule has 0 unspecified atom stereocenters. The smallest absolute Gasteiger partial charge is 0.378 e. The first-order valence-electron chi connectivity index (χ1n) is 6.10. The van der Waals surface area contributed by atoms with Crippen molar-refractivity contribution in [2.45, 2.75) is 31.0 Å². The summed E-state index contributed by atoms with van der Waals surface area (Å²) in [5.74, 6) is 0. The van der Waals surface area contributed by atoms with Gasteiger partial charge in [-0.1, -0.05) is 0 Å². The number of nitrogens with two attached hydrogens (primary N) is 1. The van der Waals surface area contributed by atoms with Crippen LogP contribution in [0.4, 0.5) is 24.5 Å². The third kappa shape index (κ3) is 3.01. The maximum atomic E-state index is 12.5. The van der Waals surface area contributed by atoms with Crippen LogP contribution in [-0.4, -0.2) is 17.0 Å². The molecule has 0 radical (unpaired) electrons. The molecule has 0 aliphatic heterocycles. The molecule has 0 amide bonds. The molecular weight excluding hydrogens is 275 g/mol. The van der Waals surface area contributed by atoms with Crippen molar-refractivity contribution in [3.05, 3.63) is 33.9 Å². The van der Waals surface area contributed by atoms with Crippen LogP contribution >= 0.6 is 0 Å². The molecule has 1 saturated carbocycles. The van der Waals surface area contributed by atoms with Crippen molar-refractivity contribution in [2.24, 2.45) is 5.73 Å². The molecule has 2 rings (SSSR count). The van der Waals surface area contributed by atoms with Gasteiger partial charge in [0.25, 0.3) is 5.69 Å². The normalized spacial score (nSPS) is 17.4. The second-order valence-corrected chi connectivity index (χ2v) is 5.06. The molecule has 0 aromatic heterocycles. The number of nitrogens with zero attached hydrogens (tertiary/aromatic N) is 1. The van der Waals surface area contributed by atoms with E-state index in [1.54, 1.807) is 0 Å². The number of alkyl halides is 3. The second-order valence-electron chi connectivity index (χ2n) is 5.06. The SMILES string of the molecule is NC1(CNc2ccc(C(F)(F)F)cc2[N+](=O)[O-])CCC1. The van der Waals surface area contributed by atoms with Crippen LogP contribution in [0.2, 0.25) is 0 Å². The summed E-state index contributed by atoms with van der Waals surface area (Å²) in [6.07, 6.45) is -2.01. The highest BCUT2D eigenvalue weighted by molar-refractivity contribution is 5.63. The Kier molecular flexibility index (Phi) is 3.59. The van der Waals surface area contributed by atoms with E-state index >= 15 is 0 Å². The molecule has 8 heteroatoms. The highest BCUT2D eigenvalue weighted by Gasteiger charge is 2.35. The van der Waals surface area contributed by atoms with Crippen LogP contribution in [0.1, 0.15) is 24.8 Å². The molecule has 0 heterocycles. The average molecular weight is 289 g/mol. The molecular formula is C12H14F3N3O2. The largest absolute Gasteiger partial charge is 0.416 e. The van der Waals surface area contributed by atoms with Crippen LogP contribution in [0.3, 0.4) is 0 Å². The van der Waals surface area contributed by atoms with Gasteiger partial charge in [-0.25, -0.2) is 0 Å². The van der Waals surface area contributed by atoms with Gasteiger partial charge in [-0.15, -0.1) is 0 Å². The lowest BCUT2D eigenvalue weighted by molar-refractivity contribution is -0.384. The zero-order chi connectivity index (χ0) is 15.0. The summed E-state index contributed by atoms with van der Waals surface area (Å²) in [6.45, 7) is 0.305. The number of nitro benzene ring substituents is 1. The highest BCUT2D eigenvalue weighted by Crippen LogP contribution is 2.36. The highest BCUT2D eigenvalue weighted by atomic mass is 19.4. The predicted octanol–water partition coefficient (Wildman–Crippen LogP) is 2.91. The number of benzene rings is 1. The number of anilines is 1. The van der Waals surface area contributed by atoms with E-state index < -0.39 is 27.9 Å². The molecule has 20 heavy (non-hydrogen) atoms. The standard InChI is InChI=1S/C12H14F3N3O2/c13-12(14,15)8-2-3-9(10(6-8)18(19)20)17-7-11(16)4-1-5-11/h2-3,6,17H,1,4-5,7,16H2. The Balaban J connectivity index is 2.21. The first kappa shape index (κ1) is 14.6. The predicted molar refractivity (Wildman–Crippen MR) is 67.4 cm³/mol. The summed E-state index contributed by atoms with van der Waals surface area (Å²) in [6, 6.07) is 2.43. The van der Waals surface area contributed by atoms with Crippen molar-refractivity contribution in [1.82, 2.24) is 0 Å². The molecule has 110 valence electrons. The minimum absolute atomic E-state index is 0.0553. The van der Waals surface area contributed by atoms with E-state index in [0.717, 1.165) is 31.4 Å². The fourth-order valence-corrected chi connectivity index (χ4v) is 2.09. The molecule has 0 saturated heterocycles. The van der Waals surface area contributed by atoms with Crippen molar-refractivity contribution >= 4 is 11.4 Å². The van der Waals surface area contributed by atoms with Gasteiger partial charge >= 0.3 is 6.18 Å². The number of nitro groups is 1. The average Bonchev–Trinajstić information content (AvgIpc) is 2.32. The molecule has 0 bridgehead atoms. The van der Waals surface area contributed by atoms with Gasteiger partial charge in [-0.2, -0.15) is 13.2 Å². The quantitative estimate of drug-likeness (QED) is 0.659. The Labute approximate surface area is 113 Å². The molecule has 1 aliphatic rings. The summed E-state index contributed by atoms with van der Waals surface area (Å²) in [4.78, 5) is 10.0. The van der Waals surface area contributed by atoms with E-state index in [0.29, 0.717) is 12.6 Å². The molecule has 3 N–H and O–H groups in total. The van der Waals surface area contributed by atoms with Crippen LogP contribution in [0.15, 0.2) is 18.2 Å². The lowest BCUT2D eigenvalue weighted by Crippen LogP contribution is -2.52. The molecule has 0 atom stereocenters. The second kappa shape index (κ2) is 4.93. The third-order valence-corrected chi connectivity index (χ3v) is 3.50. The van der Waals surface area contributed by atoms with Crippen LogP contribution < -0.4 is 11.1 Å². The summed E-state index contributed by atoms with van der Waals surface area (Å²) < 4.78 is 37.6. The zero-order valence-corrected chi connectivity index (χ0v) is 10.5. The minimum atomic E-state index is -4.60. The first-order valence-corrected chi connectivity index (χ1v) is 6.10. The van der Waals surface area contributed by atoms with Gasteiger partial charge in [0, 0.05) is 18.2 Å². The number of nitrogens with one attached hydrogen (secondary N) is 1. The van der Waals surface area contributed by atoms with E-state index in [2.05, 4.69) is 5.32 Å². The van der Waals surface area contributed by atoms with Crippen molar-refractivity contribution < 1.29 is 18.1 Å². The van der Waals surface area contributed by atoms with Crippen LogP contribution in [0, 0.1) is 10.1 Å². The van der Waals surface area contributed by atoms with Crippen LogP contribution in [0.5, 0.6) is 0 Å². The molecule has 1 fully saturated rings. The van der Waals surface area contributed by atoms with Gasteiger partial charge in [0.05, 0.1) is 10.5 Å². The number of halogens is 3. The molecule has 0 spiro atoms. The fourth-order valence-electron chi connectivity index (χ4n) is 2.09. The third-order valence-electron chi connectivity index (χ3n) is 3.50. The molecule has 1 aliphatic carbocycles. The fraction of sp³-hybridized carbons (Fsp3) is 0.500. The zero-order valence-electron chi connectivity index (χ0n) is 10.5. The summed E-state index contributed by atoms with van der Waals surface area (Å²) in [5.41, 5.74) is 3.96. The Morgan fingerprint density at radius 1 is 1.40 bits per heavy atom. The van der Waals surface area contributed by atoms with Crippen LogP contribution in [0.25, 0.3) is 0 Å². The van der Waals surface area contributed by atoms with Crippen molar-refractivity contribution in [3.63, 3.8) is 0 Å². The van der Waals surface area contributed by atoms with Crippen molar-refractivity contribution in [3.8, 4) is 0 Å². The first-order chi connectivity index (χ1) is 9.21. The van der Waals surface area contributed by atoms with E-state index in [4.69, 9.17) is 5.73 Å². The lowest BCUT2D eigenvalue weighted by atomic mass is 9.78. The lowest BCUT2D eigenvalue weighted by Gasteiger charge is -2.38. The number of rotatable bonds is 4. The topological polar surface area (TPSA) is 81.2 Å².